The summed E-state index contributed by atoms with van der Waals surface area (Å²) in [5.41, 5.74) is 0. The summed E-state index contributed by atoms with van der Waals surface area (Å²) < 4.78 is 34.0. The maximum atomic E-state index is 11.3. The van der Waals surface area contributed by atoms with E-state index in [1.54, 1.807) is 0 Å². The van der Waals surface area contributed by atoms with Crippen molar-refractivity contribution in [2.24, 2.45) is 0 Å². The lowest BCUT2D eigenvalue weighted by molar-refractivity contribution is -0.118. The van der Waals surface area contributed by atoms with Crippen LogP contribution in [-0.2, 0) is 19.6 Å². The van der Waals surface area contributed by atoms with Crippen LogP contribution in [0, 0.1) is 0 Å². The average Bonchev–Trinajstić information content (AvgIpc) is 2.24. The van der Waals surface area contributed by atoms with Crippen molar-refractivity contribution in [2.45, 2.75) is 32.7 Å². The Bertz CT molecular complexity index is 393. The van der Waals surface area contributed by atoms with E-state index in [-0.39, 0.29) is 37.9 Å². The monoisotopic (exact) mass is 296 g/mol. The van der Waals surface area contributed by atoms with Crippen LogP contribution in [0.5, 0.6) is 0 Å². The highest BCUT2D eigenvalue weighted by Crippen LogP contribution is 1.95. The summed E-state index contributed by atoms with van der Waals surface area (Å²) in [6.45, 7) is 3.59. The van der Waals surface area contributed by atoms with E-state index in [1.165, 1.54) is 0 Å². The number of carbonyl (C=O) groups excluding carboxylic acids is 2. The fraction of sp³-hybridized carbons (Fsp3) is 0.800. The van der Waals surface area contributed by atoms with Gasteiger partial charge in [-0.1, -0.05) is 0 Å². The number of alkyl carbamates (subject to hydrolysis) is 1. The number of amides is 1. The van der Waals surface area contributed by atoms with Gasteiger partial charge in [0.1, 0.15) is 6.73 Å². The molecular formula is C10H20N2O6S. The first-order valence-corrected chi connectivity index (χ1v) is 7.42. The van der Waals surface area contributed by atoms with Crippen LogP contribution in [0.25, 0.3) is 0 Å². The van der Waals surface area contributed by atoms with E-state index in [9.17, 15) is 18.0 Å². The molecule has 0 aromatic rings. The summed E-state index contributed by atoms with van der Waals surface area (Å²) in [5, 5.41) is 5.09. The first-order valence-electron chi connectivity index (χ1n) is 5.81. The van der Waals surface area contributed by atoms with Gasteiger partial charge in [0, 0.05) is 12.5 Å². The van der Waals surface area contributed by atoms with Crippen LogP contribution in [0.2, 0.25) is 0 Å². The van der Waals surface area contributed by atoms with Crippen molar-refractivity contribution in [3.63, 3.8) is 0 Å². The van der Waals surface area contributed by atoms with Gasteiger partial charge in [-0.2, -0.15) is 8.42 Å². The quantitative estimate of drug-likeness (QED) is 0.401. The molecule has 1 amide bonds. The van der Waals surface area contributed by atoms with Gasteiger partial charge in [0.15, 0.2) is 5.78 Å². The van der Waals surface area contributed by atoms with Crippen molar-refractivity contribution >= 4 is 22.0 Å². The Labute approximate surface area is 112 Å². The highest BCUT2D eigenvalue weighted by atomic mass is 32.2. The molecule has 112 valence electrons. The van der Waals surface area contributed by atoms with Gasteiger partial charge in [0.25, 0.3) is 10.1 Å². The van der Waals surface area contributed by atoms with E-state index >= 15 is 0 Å². The third-order valence-electron chi connectivity index (χ3n) is 1.98. The maximum Gasteiger partial charge on any atom is 0.408 e. The number of ether oxygens (including phenoxy) is 1. The smallest absolute Gasteiger partial charge is 0.408 e. The second kappa shape index (κ2) is 8.83. The molecule has 8 nitrogen and oxygen atoms in total. The summed E-state index contributed by atoms with van der Waals surface area (Å²) >= 11 is 0. The molecule has 0 aromatic heterocycles. The van der Waals surface area contributed by atoms with Crippen molar-refractivity contribution in [2.75, 3.05) is 19.0 Å². The van der Waals surface area contributed by atoms with Crippen LogP contribution in [0.4, 0.5) is 4.79 Å². The molecule has 0 aliphatic carbocycles. The lowest BCUT2D eigenvalue weighted by Crippen LogP contribution is -2.34. The topological polar surface area (TPSA) is 122 Å². The molecule has 0 aromatic carbocycles. The van der Waals surface area contributed by atoms with E-state index in [0.29, 0.717) is 0 Å². The summed E-state index contributed by atoms with van der Waals surface area (Å²) in [6, 6.07) is 0.176. The van der Waals surface area contributed by atoms with E-state index in [1.807, 2.05) is 13.8 Å². The molecule has 0 radical (unpaired) electrons. The first-order chi connectivity index (χ1) is 8.70. The fourth-order valence-corrected chi connectivity index (χ4v) is 1.54. The number of hydrogen-bond acceptors (Lipinski definition) is 6. The second-order valence-corrected chi connectivity index (χ2v) is 5.79. The molecule has 0 rings (SSSR count). The number of nitrogens with one attached hydrogen (secondary N) is 2. The van der Waals surface area contributed by atoms with E-state index in [0.717, 1.165) is 0 Å². The van der Waals surface area contributed by atoms with E-state index in [4.69, 9.17) is 9.29 Å². The van der Waals surface area contributed by atoms with Gasteiger partial charge in [-0.25, -0.2) is 4.79 Å². The normalized spacial score (nSPS) is 11.4. The van der Waals surface area contributed by atoms with Gasteiger partial charge < -0.3 is 10.1 Å². The molecule has 0 saturated carbocycles. The van der Waals surface area contributed by atoms with Crippen molar-refractivity contribution < 1.29 is 27.3 Å². The number of ketones is 1. The molecule has 0 saturated heterocycles. The number of carbonyl (C=O) groups is 2. The third kappa shape index (κ3) is 13.0. The van der Waals surface area contributed by atoms with Crippen molar-refractivity contribution in [3.05, 3.63) is 0 Å². The lowest BCUT2D eigenvalue weighted by Gasteiger charge is -2.09. The minimum atomic E-state index is -4.04. The molecule has 9 heteroatoms. The third-order valence-corrected chi connectivity index (χ3v) is 2.79. The molecule has 0 bridgehead atoms. The molecule has 0 unspecified atom stereocenters. The van der Waals surface area contributed by atoms with E-state index in [2.05, 4.69) is 10.6 Å². The second-order valence-electron chi connectivity index (χ2n) is 4.22. The van der Waals surface area contributed by atoms with Crippen LogP contribution >= 0.6 is 0 Å². The van der Waals surface area contributed by atoms with Crippen LogP contribution in [0.3, 0.4) is 0 Å². The SMILES string of the molecule is CC(C)NCOC(=O)NCC(=O)CCCS(=O)(=O)O. The van der Waals surface area contributed by atoms with Gasteiger partial charge in [-0.15, -0.1) is 0 Å². The minimum Gasteiger partial charge on any atom is -0.434 e. The zero-order valence-electron chi connectivity index (χ0n) is 11.0. The highest BCUT2D eigenvalue weighted by molar-refractivity contribution is 7.85. The Balaban J connectivity index is 3.64. The predicted molar refractivity (Wildman–Crippen MR) is 68.3 cm³/mol. The van der Waals surface area contributed by atoms with Crippen molar-refractivity contribution in [1.29, 1.82) is 0 Å². The van der Waals surface area contributed by atoms with Crippen LogP contribution in [0.1, 0.15) is 26.7 Å². The van der Waals surface area contributed by atoms with Gasteiger partial charge in [-0.05, 0) is 20.3 Å². The van der Waals surface area contributed by atoms with Gasteiger partial charge >= 0.3 is 6.09 Å². The Morgan fingerprint density at radius 3 is 2.47 bits per heavy atom. The van der Waals surface area contributed by atoms with Crippen LogP contribution in [0.15, 0.2) is 0 Å². The number of hydrogen-bond donors (Lipinski definition) is 3. The molecule has 0 fully saturated rings. The largest absolute Gasteiger partial charge is 0.434 e. The Hall–Kier alpha value is -1.19. The molecule has 0 atom stereocenters. The highest BCUT2D eigenvalue weighted by Gasteiger charge is 2.09. The van der Waals surface area contributed by atoms with Gasteiger partial charge in [-0.3, -0.25) is 14.7 Å². The molecule has 19 heavy (non-hydrogen) atoms. The molecule has 0 spiro atoms. The number of rotatable bonds is 9. The summed E-state index contributed by atoms with van der Waals surface area (Å²) in [7, 11) is -4.04. The van der Waals surface area contributed by atoms with Crippen molar-refractivity contribution in [1.82, 2.24) is 10.6 Å². The fourth-order valence-electron chi connectivity index (χ4n) is 1.04. The molecule has 3 N–H and O–H groups in total. The molecular weight excluding hydrogens is 276 g/mol. The van der Waals surface area contributed by atoms with Crippen LogP contribution in [-0.4, -0.2) is 49.9 Å². The summed E-state index contributed by atoms with van der Waals surface area (Å²) in [6.07, 6.45) is -0.746. The Morgan fingerprint density at radius 2 is 1.95 bits per heavy atom. The molecule has 0 aliphatic heterocycles. The standard InChI is InChI=1S/C10H20N2O6S/c1-8(2)12-7-18-10(14)11-6-9(13)4-3-5-19(15,16)17/h8,12H,3-7H2,1-2H3,(H,11,14)(H,15,16,17). The lowest BCUT2D eigenvalue weighted by atomic mass is 10.2. The summed E-state index contributed by atoms with van der Waals surface area (Å²) in [5.74, 6) is -0.806. The van der Waals surface area contributed by atoms with E-state index < -0.39 is 22.0 Å². The van der Waals surface area contributed by atoms with Gasteiger partial charge in [0.05, 0.1) is 12.3 Å². The first kappa shape index (κ1) is 17.8. The number of Topliss-reactive ketones (excluding diaryl/α,β-unsaturated/α-hetero) is 1. The maximum absolute atomic E-state index is 11.3. The minimum absolute atomic E-state index is 0.0172. The zero-order chi connectivity index (χ0) is 14.9. The van der Waals surface area contributed by atoms with Crippen molar-refractivity contribution in [3.8, 4) is 0 Å². The molecule has 0 heterocycles. The molecule has 0 aliphatic rings. The Morgan fingerprint density at radius 1 is 1.32 bits per heavy atom. The average molecular weight is 296 g/mol. The van der Waals surface area contributed by atoms with Crippen LogP contribution < -0.4 is 10.6 Å². The zero-order valence-corrected chi connectivity index (χ0v) is 11.8. The summed E-state index contributed by atoms with van der Waals surface area (Å²) in [4.78, 5) is 22.4. The Kier molecular flexibility index (Phi) is 8.28. The van der Waals surface area contributed by atoms with Gasteiger partial charge in [0.2, 0.25) is 0 Å². The predicted octanol–water partition coefficient (Wildman–Crippen LogP) is -0.0948.